The molecule has 0 aromatic rings. The summed E-state index contributed by atoms with van der Waals surface area (Å²) in [5.74, 6) is 0. The minimum absolute atomic E-state index is 0.295. The predicted octanol–water partition coefficient (Wildman–Crippen LogP) is 2.12. The summed E-state index contributed by atoms with van der Waals surface area (Å²) in [4.78, 5) is 2.42. The molecule has 1 saturated heterocycles. The Hall–Kier alpha value is -0.120. The van der Waals surface area contributed by atoms with E-state index in [9.17, 15) is 0 Å². The Morgan fingerprint density at radius 1 is 1.47 bits per heavy atom. The maximum absolute atomic E-state index is 5.69. The summed E-state index contributed by atoms with van der Waals surface area (Å²) in [6, 6.07) is 0.541. The van der Waals surface area contributed by atoms with Crippen LogP contribution in [0.2, 0.25) is 0 Å². The molecular formula is C14H30N2O. The second-order valence-electron chi connectivity index (χ2n) is 6.10. The molecule has 0 aliphatic carbocycles. The van der Waals surface area contributed by atoms with Gasteiger partial charge in [-0.2, -0.15) is 0 Å². The van der Waals surface area contributed by atoms with Crippen LogP contribution < -0.4 is 5.32 Å². The normalized spacial score (nSPS) is 23.3. The number of rotatable bonds is 7. The summed E-state index contributed by atoms with van der Waals surface area (Å²) in [5.41, 5.74) is 0.295. The van der Waals surface area contributed by atoms with Gasteiger partial charge < -0.3 is 15.0 Å². The summed E-state index contributed by atoms with van der Waals surface area (Å²) in [6.45, 7) is 13.3. The van der Waals surface area contributed by atoms with Gasteiger partial charge in [0, 0.05) is 25.7 Å². The van der Waals surface area contributed by atoms with Crippen LogP contribution in [-0.4, -0.2) is 50.3 Å². The van der Waals surface area contributed by atoms with Crippen molar-refractivity contribution in [3.05, 3.63) is 0 Å². The van der Waals surface area contributed by atoms with Crippen LogP contribution in [-0.2, 0) is 4.74 Å². The zero-order valence-electron chi connectivity index (χ0n) is 12.3. The van der Waals surface area contributed by atoms with Gasteiger partial charge in [0.15, 0.2) is 0 Å². The van der Waals surface area contributed by atoms with Crippen molar-refractivity contribution >= 4 is 0 Å². The van der Waals surface area contributed by atoms with Crippen LogP contribution in [0.25, 0.3) is 0 Å². The van der Waals surface area contributed by atoms with Crippen LogP contribution in [0.15, 0.2) is 0 Å². The Morgan fingerprint density at radius 2 is 2.18 bits per heavy atom. The lowest BCUT2D eigenvalue weighted by Gasteiger charge is -2.36. The average Bonchev–Trinajstić information content (AvgIpc) is 2.69. The van der Waals surface area contributed by atoms with Gasteiger partial charge in [-0.15, -0.1) is 0 Å². The minimum atomic E-state index is 0.295. The molecule has 1 N–H and O–H groups in total. The summed E-state index contributed by atoms with van der Waals surface area (Å²) >= 11 is 0. The van der Waals surface area contributed by atoms with E-state index in [4.69, 9.17) is 4.74 Å². The molecule has 1 heterocycles. The standard InChI is InChI=1S/C14H30N2O/c1-6-15-12(2)14(3,4)11-16(5)10-13-8-7-9-17-13/h12-13,15H,6-11H2,1-5H3. The molecule has 17 heavy (non-hydrogen) atoms. The molecule has 0 aromatic carbocycles. The van der Waals surface area contributed by atoms with Gasteiger partial charge in [-0.3, -0.25) is 0 Å². The van der Waals surface area contributed by atoms with E-state index in [1.165, 1.54) is 12.8 Å². The van der Waals surface area contributed by atoms with Gasteiger partial charge >= 0.3 is 0 Å². The van der Waals surface area contributed by atoms with Gasteiger partial charge in [0.2, 0.25) is 0 Å². The van der Waals surface area contributed by atoms with Gasteiger partial charge in [-0.1, -0.05) is 20.8 Å². The van der Waals surface area contributed by atoms with Crippen LogP contribution in [0.3, 0.4) is 0 Å². The molecular weight excluding hydrogens is 212 g/mol. The number of hydrogen-bond acceptors (Lipinski definition) is 3. The molecule has 3 nitrogen and oxygen atoms in total. The zero-order chi connectivity index (χ0) is 12.9. The molecule has 1 rings (SSSR count). The average molecular weight is 242 g/mol. The number of hydrogen-bond donors (Lipinski definition) is 1. The molecule has 3 heteroatoms. The largest absolute Gasteiger partial charge is 0.377 e. The Bertz CT molecular complexity index is 212. The first-order valence-electron chi connectivity index (χ1n) is 6.99. The van der Waals surface area contributed by atoms with Crippen LogP contribution in [0.4, 0.5) is 0 Å². The highest BCUT2D eigenvalue weighted by Gasteiger charge is 2.28. The summed E-state index contributed by atoms with van der Waals surface area (Å²) < 4.78 is 5.69. The van der Waals surface area contributed by atoms with E-state index in [0.29, 0.717) is 17.6 Å². The third-order valence-electron chi connectivity index (χ3n) is 3.90. The van der Waals surface area contributed by atoms with Crippen molar-refractivity contribution in [1.29, 1.82) is 0 Å². The van der Waals surface area contributed by atoms with Crippen molar-refractivity contribution in [3.8, 4) is 0 Å². The molecule has 2 unspecified atom stereocenters. The van der Waals surface area contributed by atoms with Gasteiger partial charge in [0.1, 0.15) is 0 Å². The molecule has 0 bridgehead atoms. The number of nitrogens with one attached hydrogen (secondary N) is 1. The number of ether oxygens (including phenoxy) is 1. The van der Waals surface area contributed by atoms with E-state index in [1.54, 1.807) is 0 Å². The second-order valence-corrected chi connectivity index (χ2v) is 6.10. The first-order chi connectivity index (χ1) is 7.95. The van der Waals surface area contributed by atoms with E-state index < -0.39 is 0 Å². The van der Waals surface area contributed by atoms with Crippen LogP contribution >= 0.6 is 0 Å². The molecule has 0 aromatic heterocycles. The van der Waals surface area contributed by atoms with Crippen molar-refractivity contribution in [1.82, 2.24) is 10.2 Å². The summed E-state index contributed by atoms with van der Waals surface area (Å²) in [5, 5.41) is 3.53. The molecule has 1 aliphatic heterocycles. The molecule has 1 fully saturated rings. The number of nitrogens with zero attached hydrogens (tertiary/aromatic N) is 1. The third kappa shape index (κ3) is 4.94. The van der Waals surface area contributed by atoms with E-state index in [0.717, 1.165) is 26.2 Å². The van der Waals surface area contributed by atoms with Crippen LogP contribution in [0.5, 0.6) is 0 Å². The van der Waals surface area contributed by atoms with Crippen LogP contribution in [0.1, 0.15) is 40.5 Å². The molecule has 102 valence electrons. The highest BCUT2D eigenvalue weighted by Crippen LogP contribution is 2.22. The molecule has 0 radical (unpaired) electrons. The van der Waals surface area contributed by atoms with Gasteiger partial charge in [-0.25, -0.2) is 0 Å². The maximum atomic E-state index is 5.69. The predicted molar refractivity (Wildman–Crippen MR) is 73.4 cm³/mol. The van der Waals surface area contributed by atoms with Crippen molar-refractivity contribution in [2.45, 2.75) is 52.7 Å². The van der Waals surface area contributed by atoms with Gasteiger partial charge in [0.25, 0.3) is 0 Å². The fourth-order valence-electron chi connectivity index (χ4n) is 2.62. The van der Waals surface area contributed by atoms with Crippen molar-refractivity contribution in [2.75, 3.05) is 33.3 Å². The van der Waals surface area contributed by atoms with E-state index in [1.807, 2.05) is 0 Å². The first kappa shape index (κ1) is 14.9. The molecule has 1 aliphatic rings. The fourth-order valence-corrected chi connectivity index (χ4v) is 2.62. The van der Waals surface area contributed by atoms with Crippen molar-refractivity contribution in [3.63, 3.8) is 0 Å². The monoisotopic (exact) mass is 242 g/mol. The lowest BCUT2D eigenvalue weighted by molar-refractivity contribution is 0.0644. The summed E-state index contributed by atoms with van der Waals surface area (Å²) in [6.07, 6.45) is 2.92. The van der Waals surface area contributed by atoms with E-state index in [-0.39, 0.29) is 0 Å². The quantitative estimate of drug-likeness (QED) is 0.740. The van der Waals surface area contributed by atoms with Gasteiger partial charge in [0.05, 0.1) is 6.10 Å². The lowest BCUT2D eigenvalue weighted by atomic mass is 9.84. The first-order valence-corrected chi connectivity index (χ1v) is 6.99. The maximum Gasteiger partial charge on any atom is 0.0702 e. The van der Waals surface area contributed by atoms with Crippen molar-refractivity contribution in [2.24, 2.45) is 5.41 Å². The highest BCUT2D eigenvalue weighted by atomic mass is 16.5. The molecule has 0 spiro atoms. The number of likely N-dealkylation sites (N-methyl/N-ethyl adjacent to an activating group) is 1. The Labute approximate surface area is 107 Å². The minimum Gasteiger partial charge on any atom is -0.377 e. The van der Waals surface area contributed by atoms with E-state index >= 15 is 0 Å². The van der Waals surface area contributed by atoms with E-state index in [2.05, 4.69) is 45.0 Å². The highest BCUT2D eigenvalue weighted by molar-refractivity contribution is 4.83. The van der Waals surface area contributed by atoms with Crippen LogP contribution in [0, 0.1) is 5.41 Å². The smallest absolute Gasteiger partial charge is 0.0702 e. The SMILES string of the molecule is CCNC(C)C(C)(C)CN(C)CC1CCCO1. The second kappa shape index (κ2) is 6.72. The fraction of sp³-hybridized carbons (Fsp3) is 1.00. The van der Waals surface area contributed by atoms with Crippen molar-refractivity contribution < 1.29 is 4.74 Å². The molecule has 0 amide bonds. The lowest BCUT2D eigenvalue weighted by Crippen LogP contribution is -2.47. The third-order valence-corrected chi connectivity index (χ3v) is 3.90. The summed E-state index contributed by atoms with van der Waals surface area (Å²) in [7, 11) is 2.21. The van der Waals surface area contributed by atoms with Gasteiger partial charge in [-0.05, 0) is 38.8 Å². The zero-order valence-corrected chi connectivity index (χ0v) is 12.3. The Morgan fingerprint density at radius 3 is 2.71 bits per heavy atom. The Balaban J connectivity index is 2.34. The molecule has 0 saturated carbocycles. The molecule has 2 atom stereocenters. The topological polar surface area (TPSA) is 24.5 Å². The Kier molecular flexibility index (Phi) is 5.90.